The fourth-order valence-electron chi connectivity index (χ4n) is 0.821. The predicted molar refractivity (Wildman–Crippen MR) is 57.2 cm³/mol. The molecule has 0 saturated carbocycles. The second-order valence-corrected chi connectivity index (χ2v) is 3.02. The molecule has 0 aromatic rings. The summed E-state index contributed by atoms with van der Waals surface area (Å²) in [5, 5.41) is 2.51. The molecule has 0 heterocycles. The van der Waals surface area contributed by atoms with Crippen LogP contribution in [0.1, 0.15) is 12.8 Å². The van der Waals surface area contributed by atoms with E-state index in [9.17, 15) is 9.59 Å². The molecule has 80 valence electrons. The molecule has 0 aliphatic rings. The van der Waals surface area contributed by atoms with Gasteiger partial charge in [0.05, 0.1) is 7.11 Å². The molecule has 0 radical (unpaired) electrons. The van der Waals surface area contributed by atoms with Gasteiger partial charge in [0, 0.05) is 12.2 Å². The maximum Gasteiger partial charge on any atom is 0.329 e. The van der Waals surface area contributed by atoms with Gasteiger partial charge < -0.3 is 10.1 Å². The molecule has 0 aromatic heterocycles. The minimum Gasteiger partial charge on any atom is -0.467 e. The number of amides is 1. The van der Waals surface area contributed by atoms with Gasteiger partial charge in [-0.15, -0.1) is 6.58 Å². The monoisotopic (exact) mass is 217 g/mol. The van der Waals surface area contributed by atoms with Gasteiger partial charge in [-0.1, -0.05) is 6.08 Å². The van der Waals surface area contributed by atoms with Crippen LogP contribution in [0.3, 0.4) is 0 Å². The van der Waals surface area contributed by atoms with Crippen molar-refractivity contribution in [1.82, 2.24) is 5.32 Å². The van der Waals surface area contributed by atoms with Gasteiger partial charge in [0.25, 0.3) is 0 Å². The van der Waals surface area contributed by atoms with E-state index in [1.165, 1.54) is 7.11 Å². The fourth-order valence-corrected chi connectivity index (χ4v) is 1.06. The summed E-state index contributed by atoms with van der Waals surface area (Å²) in [7, 11) is 1.27. The zero-order valence-corrected chi connectivity index (χ0v) is 9.05. The van der Waals surface area contributed by atoms with Crippen molar-refractivity contribution in [3.05, 3.63) is 12.7 Å². The maximum absolute atomic E-state index is 11.2. The lowest BCUT2D eigenvalue weighted by Gasteiger charge is -2.13. The van der Waals surface area contributed by atoms with Gasteiger partial charge in [-0.25, -0.2) is 4.79 Å². The smallest absolute Gasteiger partial charge is 0.329 e. The average Bonchev–Trinajstić information content (AvgIpc) is 2.21. The van der Waals surface area contributed by atoms with Crippen LogP contribution in [-0.4, -0.2) is 30.8 Å². The number of carbonyl (C=O) groups is 2. The summed E-state index contributed by atoms with van der Waals surface area (Å²) in [6.45, 7) is 3.50. The SMILES string of the molecule is C=CCCC(=O)N[C@@H](CS)C(=O)OC. The van der Waals surface area contributed by atoms with Crippen LogP contribution >= 0.6 is 12.6 Å². The molecular formula is C9H15NO3S. The molecule has 0 fully saturated rings. The molecule has 0 saturated heterocycles. The van der Waals surface area contributed by atoms with Crippen molar-refractivity contribution in [2.75, 3.05) is 12.9 Å². The van der Waals surface area contributed by atoms with Crippen LogP contribution in [0.5, 0.6) is 0 Å². The summed E-state index contributed by atoms with van der Waals surface area (Å²) in [5.41, 5.74) is 0. The number of nitrogens with one attached hydrogen (secondary N) is 1. The lowest BCUT2D eigenvalue weighted by atomic mass is 10.2. The van der Waals surface area contributed by atoms with E-state index in [-0.39, 0.29) is 11.7 Å². The summed E-state index contributed by atoms with van der Waals surface area (Å²) in [5.74, 6) is -0.451. The number of methoxy groups -OCH3 is 1. The Kier molecular flexibility index (Phi) is 6.92. The Bertz CT molecular complexity index is 218. The molecule has 0 aromatic carbocycles. The van der Waals surface area contributed by atoms with Gasteiger partial charge in [0.15, 0.2) is 0 Å². The number of hydrogen-bond acceptors (Lipinski definition) is 4. The molecule has 0 unspecified atom stereocenters. The van der Waals surface area contributed by atoms with E-state index in [0.29, 0.717) is 12.8 Å². The normalized spacial score (nSPS) is 11.6. The first-order chi connectivity index (χ1) is 6.65. The highest BCUT2D eigenvalue weighted by Crippen LogP contribution is 1.95. The minimum atomic E-state index is -0.666. The quantitative estimate of drug-likeness (QED) is 0.388. The lowest BCUT2D eigenvalue weighted by Crippen LogP contribution is -2.42. The van der Waals surface area contributed by atoms with Crippen molar-refractivity contribution in [1.29, 1.82) is 0 Å². The third kappa shape index (κ3) is 4.91. The van der Waals surface area contributed by atoms with Crippen LogP contribution in [0.15, 0.2) is 12.7 Å². The Labute approximate surface area is 89.1 Å². The molecule has 4 nitrogen and oxygen atoms in total. The summed E-state index contributed by atoms with van der Waals surface area (Å²) in [4.78, 5) is 22.2. The Morgan fingerprint density at radius 3 is 2.71 bits per heavy atom. The predicted octanol–water partition coefficient (Wildman–Crippen LogP) is 0.540. The number of hydrogen-bond donors (Lipinski definition) is 2. The third-order valence-corrected chi connectivity index (χ3v) is 1.94. The molecule has 0 bridgehead atoms. The standard InChI is InChI=1S/C9H15NO3S/c1-3-4-5-8(11)10-7(6-14)9(12)13-2/h3,7,14H,1,4-6H2,2H3,(H,10,11)/t7-/m0/s1. The van der Waals surface area contributed by atoms with E-state index in [2.05, 4.69) is 29.3 Å². The van der Waals surface area contributed by atoms with Gasteiger partial charge in [-0.2, -0.15) is 12.6 Å². The molecule has 14 heavy (non-hydrogen) atoms. The number of thiol groups is 1. The van der Waals surface area contributed by atoms with Crippen molar-refractivity contribution in [3.8, 4) is 0 Å². The van der Waals surface area contributed by atoms with Crippen molar-refractivity contribution in [3.63, 3.8) is 0 Å². The van der Waals surface area contributed by atoms with Crippen molar-refractivity contribution in [2.24, 2.45) is 0 Å². The molecule has 0 spiro atoms. The van der Waals surface area contributed by atoms with Crippen molar-refractivity contribution in [2.45, 2.75) is 18.9 Å². The molecule has 0 aliphatic carbocycles. The molecule has 1 amide bonds. The van der Waals surface area contributed by atoms with E-state index in [0.717, 1.165) is 0 Å². The summed E-state index contributed by atoms with van der Waals surface area (Å²) in [6.07, 6.45) is 2.56. The van der Waals surface area contributed by atoms with Crippen LogP contribution in [0.4, 0.5) is 0 Å². The van der Waals surface area contributed by atoms with E-state index >= 15 is 0 Å². The first-order valence-corrected chi connectivity index (χ1v) is 4.87. The molecule has 5 heteroatoms. The Morgan fingerprint density at radius 1 is 1.64 bits per heavy atom. The topological polar surface area (TPSA) is 55.4 Å². The van der Waals surface area contributed by atoms with Gasteiger partial charge in [-0.3, -0.25) is 4.79 Å². The van der Waals surface area contributed by atoms with E-state index in [1.54, 1.807) is 6.08 Å². The highest BCUT2D eigenvalue weighted by molar-refractivity contribution is 7.80. The van der Waals surface area contributed by atoms with Gasteiger partial charge >= 0.3 is 5.97 Å². The molecule has 0 rings (SSSR count). The van der Waals surface area contributed by atoms with Crippen molar-refractivity contribution < 1.29 is 14.3 Å². The van der Waals surface area contributed by atoms with Gasteiger partial charge in [0.1, 0.15) is 6.04 Å². The van der Waals surface area contributed by atoms with E-state index in [1.807, 2.05) is 0 Å². The van der Waals surface area contributed by atoms with Crippen LogP contribution < -0.4 is 5.32 Å². The van der Waals surface area contributed by atoms with Crippen LogP contribution in [0, 0.1) is 0 Å². The van der Waals surface area contributed by atoms with E-state index < -0.39 is 12.0 Å². The summed E-state index contributed by atoms with van der Waals surface area (Å²) in [6, 6.07) is -0.666. The molecule has 1 N–H and O–H groups in total. The van der Waals surface area contributed by atoms with Crippen LogP contribution in [0.25, 0.3) is 0 Å². The van der Waals surface area contributed by atoms with E-state index in [4.69, 9.17) is 0 Å². The maximum atomic E-state index is 11.2. The summed E-state index contributed by atoms with van der Waals surface area (Å²) >= 11 is 3.94. The first-order valence-electron chi connectivity index (χ1n) is 4.24. The highest BCUT2D eigenvalue weighted by atomic mass is 32.1. The minimum absolute atomic E-state index is 0.200. The molecular weight excluding hydrogens is 202 g/mol. The first kappa shape index (κ1) is 13.0. The number of ether oxygens (including phenoxy) is 1. The Hall–Kier alpha value is -0.970. The van der Waals surface area contributed by atoms with Gasteiger partial charge in [0.2, 0.25) is 5.91 Å². The zero-order valence-electron chi connectivity index (χ0n) is 8.16. The average molecular weight is 217 g/mol. The summed E-state index contributed by atoms with van der Waals surface area (Å²) < 4.78 is 4.49. The highest BCUT2D eigenvalue weighted by Gasteiger charge is 2.18. The van der Waals surface area contributed by atoms with Crippen LogP contribution in [0.2, 0.25) is 0 Å². The number of carbonyl (C=O) groups excluding carboxylic acids is 2. The fraction of sp³-hybridized carbons (Fsp3) is 0.556. The number of allylic oxidation sites excluding steroid dienone is 1. The Balaban J connectivity index is 3.98. The second kappa shape index (κ2) is 7.44. The third-order valence-electron chi connectivity index (χ3n) is 1.58. The van der Waals surface area contributed by atoms with Crippen LogP contribution in [-0.2, 0) is 14.3 Å². The Morgan fingerprint density at radius 2 is 2.29 bits per heavy atom. The van der Waals surface area contributed by atoms with Gasteiger partial charge in [-0.05, 0) is 6.42 Å². The molecule has 0 aliphatic heterocycles. The number of esters is 1. The molecule has 1 atom stereocenters. The largest absolute Gasteiger partial charge is 0.467 e. The second-order valence-electron chi connectivity index (χ2n) is 2.65. The lowest BCUT2D eigenvalue weighted by molar-refractivity contribution is -0.144. The number of rotatable bonds is 6. The van der Waals surface area contributed by atoms with Crippen molar-refractivity contribution >= 4 is 24.5 Å². The zero-order chi connectivity index (χ0) is 11.0.